The van der Waals surface area contributed by atoms with E-state index in [2.05, 4.69) is 30.6 Å². The van der Waals surface area contributed by atoms with Crippen molar-refractivity contribution in [2.75, 3.05) is 39.4 Å². The summed E-state index contributed by atoms with van der Waals surface area (Å²) in [6.45, 7) is 11.4. The predicted octanol–water partition coefficient (Wildman–Crippen LogP) is 1.76. The first kappa shape index (κ1) is 11.9. The Morgan fingerprint density at radius 3 is 2.36 bits per heavy atom. The van der Waals surface area contributed by atoms with E-state index in [1.54, 1.807) is 0 Å². The van der Waals surface area contributed by atoms with E-state index in [-0.39, 0.29) is 12.2 Å². The van der Waals surface area contributed by atoms with Crippen molar-refractivity contribution in [3.05, 3.63) is 0 Å². The highest BCUT2D eigenvalue weighted by Gasteiger charge is 2.23. The Morgan fingerprint density at radius 2 is 1.79 bits per heavy atom. The molecule has 0 saturated carbocycles. The average Bonchev–Trinajstić information content (AvgIpc) is 2.29. The second-order valence-electron chi connectivity index (χ2n) is 5.04. The number of nitrogens with zero attached hydrogens (tertiary/aromatic N) is 2. The van der Waals surface area contributed by atoms with Crippen LogP contribution in [-0.4, -0.2) is 54.7 Å². The van der Waals surface area contributed by atoms with Crippen LogP contribution in [0.15, 0.2) is 0 Å². The van der Waals surface area contributed by atoms with Gasteiger partial charge in [0.15, 0.2) is 0 Å². The standard InChI is InChI=1S/C11H23FN2/c1-11(2,3)14-7-4-6-13(8-5-12)9-10-14/h4-10H2,1-3H3. The minimum absolute atomic E-state index is 0.213. The largest absolute Gasteiger partial charge is 0.299 e. The molecule has 0 radical (unpaired) electrons. The SMILES string of the molecule is CC(C)(C)N1CCCN(CCF)CC1. The van der Waals surface area contributed by atoms with Crippen LogP contribution in [0, 0.1) is 0 Å². The average molecular weight is 202 g/mol. The summed E-state index contributed by atoms with van der Waals surface area (Å²) in [5.41, 5.74) is 0.256. The van der Waals surface area contributed by atoms with Gasteiger partial charge in [0.25, 0.3) is 0 Å². The van der Waals surface area contributed by atoms with Gasteiger partial charge in [0.2, 0.25) is 0 Å². The number of alkyl halides is 1. The molecule has 84 valence electrons. The van der Waals surface area contributed by atoms with E-state index in [9.17, 15) is 4.39 Å². The molecule has 1 fully saturated rings. The molecule has 3 heteroatoms. The van der Waals surface area contributed by atoms with Gasteiger partial charge in [-0.2, -0.15) is 0 Å². The van der Waals surface area contributed by atoms with E-state index in [4.69, 9.17) is 0 Å². The Balaban J connectivity index is 2.41. The molecule has 0 N–H and O–H groups in total. The molecule has 0 spiro atoms. The predicted molar refractivity (Wildman–Crippen MR) is 58.4 cm³/mol. The van der Waals surface area contributed by atoms with E-state index in [1.165, 1.54) is 0 Å². The first-order valence-corrected chi connectivity index (χ1v) is 5.57. The summed E-state index contributed by atoms with van der Waals surface area (Å²) in [6, 6.07) is 0. The molecule has 1 aliphatic rings. The highest BCUT2D eigenvalue weighted by atomic mass is 19.1. The lowest BCUT2D eigenvalue weighted by Gasteiger charge is -2.34. The smallest absolute Gasteiger partial charge is 0.102 e. The molecule has 0 amide bonds. The van der Waals surface area contributed by atoms with Crippen LogP contribution in [0.1, 0.15) is 27.2 Å². The maximum absolute atomic E-state index is 12.2. The summed E-state index contributed by atoms with van der Waals surface area (Å²) in [6.07, 6.45) is 1.16. The maximum atomic E-state index is 12.2. The summed E-state index contributed by atoms with van der Waals surface area (Å²) < 4.78 is 12.2. The van der Waals surface area contributed by atoms with Gasteiger partial charge in [-0.1, -0.05) is 0 Å². The molecule has 1 saturated heterocycles. The molecule has 0 aromatic heterocycles. The summed E-state index contributed by atoms with van der Waals surface area (Å²) in [5, 5.41) is 0. The Kier molecular flexibility index (Phi) is 4.32. The molecule has 1 heterocycles. The molecule has 0 bridgehead atoms. The van der Waals surface area contributed by atoms with Gasteiger partial charge in [0, 0.05) is 25.2 Å². The fourth-order valence-electron chi connectivity index (χ4n) is 1.98. The van der Waals surface area contributed by atoms with Crippen LogP contribution in [0.3, 0.4) is 0 Å². The quantitative estimate of drug-likeness (QED) is 0.673. The van der Waals surface area contributed by atoms with Gasteiger partial charge >= 0.3 is 0 Å². The zero-order valence-electron chi connectivity index (χ0n) is 9.72. The van der Waals surface area contributed by atoms with E-state index in [1.807, 2.05) is 0 Å². The Bertz CT molecular complexity index is 165. The lowest BCUT2D eigenvalue weighted by atomic mass is 10.1. The molecular formula is C11H23FN2. The number of hydrogen-bond donors (Lipinski definition) is 0. The maximum Gasteiger partial charge on any atom is 0.102 e. The van der Waals surface area contributed by atoms with Gasteiger partial charge in [-0.3, -0.25) is 9.80 Å². The fourth-order valence-corrected chi connectivity index (χ4v) is 1.98. The van der Waals surface area contributed by atoms with Crippen LogP contribution in [-0.2, 0) is 0 Å². The molecule has 14 heavy (non-hydrogen) atoms. The Hall–Kier alpha value is -0.150. The number of hydrogen-bond acceptors (Lipinski definition) is 2. The zero-order chi connectivity index (χ0) is 10.6. The van der Waals surface area contributed by atoms with Gasteiger partial charge in [0.05, 0.1) is 0 Å². The normalized spacial score (nSPS) is 22.3. The second kappa shape index (κ2) is 5.08. The van der Waals surface area contributed by atoms with Crippen molar-refractivity contribution in [1.29, 1.82) is 0 Å². The summed E-state index contributed by atoms with van der Waals surface area (Å²) >= 11 is 0. The molecule has 2 nitrogen and oxygen atoms in total. The Morgan fingerprint density at radius 1 is 1.07 bits per heavy atom. The van der Waals surface area contributed by atoms with Gasteiger partial charge in [-0.25, -0.2) is 4.39 Å². The molecule has 0 aromatic rings. The first-order chi connectivity index (χ1) is 6.54. The van der Waals surface area contributed by atoms with Crippen LogP contribution >= 0.6 is 0 Å². The molecule has 0 atom stereocenters. The van der Waals surface area contributed by atoms with E-state index in [0.717, 1.165) is 32.6 Å². The lowest BCUT2D eigenvalue weighted by molar-refractivity contribution is 0.140. The van der Waals surface area contributed by atoms with Gasteiger partial charge in [-0.05, 0) is 40.3 Å². The van der Waals surface area contributed by atoms with Crippen molar-refractivity contribution < 1.29 is 4.39 Å². The molecule has 1 aliphatic heterocycles. The van der Waals surface area contributed by atoms with E-state index in [0.29, 0.717) is 6.54 Å². The topological polar surface area (TPSA) is 6.48 Å². The highest BCUT2D eigenvalue weighted by Crippen LogP contribution is 2.15. The molecule has 0 aliphatic carbocycles. The minimum Gasteiger partial charge on any atom is -0.299 e. The van der Waals surface area contributed by atoms with E-state index < -0.39 is 0 Å². The fraction of sp³-hybridized carbons (Fsp3) is 1.00. The third-order valence-electron chi connectivity index (χ3n) is 2.94. The highest BCUT2D eigenvalue weighted by molar-refractivity contribution is 4.79. The van der Waals surface area contributed by atoms with Gasteiger partial charge in [-0.15, -0.1) is 0 Å². The Labute approximate surface area is 87.1 Å². The van der Waals surface area contributed by atoms with Crippen molar-refractivity contribution in [2.45, 2.75) is 32.7 Å². The van der Waals surface area contributed by atoms with Crippen molar-refractivity contribution in [1.82, 2.24) is 9.80 Å². The number of halogens is 1. The lowest BCUT2D eigenvalue weighted by Crippen LogP contribution is -2.43. The minimum atomic E-state index is -0.213. The molecular weight excluding hydrogens is 179 g/mol. The summed E-state index contributed by atoms with van der Waals surface area (Å²) in [4.78, 5) is 4.72. The van der Waals surface area contributed by atoms with Crippen molar-refractivity contribution in [3.8, 4) is 0 Å². The van der Waals surface area contributed by atoms with Crippen LogP contribution in [0.4, 0.5) is 4.39 Å². The van der Waals surface area contributed by atoms with Crippen molar-refractivity contribution in [2.24, 2.45) is 0 Å². The van der Waals surface area contributed by atoms with Crippen LogP contribution in [0.25, 0.3) is 0 Å². The number of rotatable bonds is 2. The molecule has 1 rings (SSSR count). The monoisotopic (exact) mass is 202 g/mol. The third kappa shape index (κ3) is 3.54. The van der Waals surface area contributed by atoms with Gasteiger partial charge < -0.3 is 0 Å². The van der Waals surface area contributed by atoms with Crippen molar-refractivity contribution in [3.63, 3.8) is 0 Å². The first-order valence-electron chi connectivity index (χ1n) is 5.57. The summed E-state index contributed by atoms with van der Waals surface area (Å²) in [7, 11) is 0. The third-order valence-corrected chi connectivity index (χ3v) is 2.94. The van der Waals surface area contributed by atoms with E-state index >= 15 is 0 Å². The van der Waals surface area contributed by atoms with Crippen LogP contribution in [0.5, 0.6) is 0 Å². The molecule has 0 aromatic carbocycles. The van der Waals surface area contributed by atoms with Crippen LogP contribution < -0.4 is 0 Å². The molecule has 0 unspecified atom stereocenters. The zero-order valence-corrected chi connectivity index (χ0v) is 9.72. The second-order valence-corrected chi connectivity index (χ2v) is 5.04. The van der Waals surface area contributed by atoms with Crippen molar-refractivity contribution >= 4 is 0 Å². The van der Waals surface area contributed by atoms with Crippen LogP contribution in [0.2, 0.25) is 0 Å². The summed E-state index contributed by atoms with van der Waals surface area (Å²) in [5.74, 6) is 0. The van der Waals surface area contributed by atoms with Gasteiger partial charge in [0.1, 0.15) is 6.67 Å².